The number of hydrogen-bond donors (Lipinski definition) is 0. The first-order valence-electron chi connectivity index (χ1n) is 8.92. The summed E-state index contributed by atoms with van der Waals surface area (Å²) in [7, 11) is 2.99. The zero-order chi connectivity index (χ0) is 21.0. The number of halogens is 3. The van der Waals surface area contributed by atoms with E-state index in [9.17, 15) is 22.8 Å². The molecule has 1 unspecified atom stereocenters. The molecule has 154 valence electrons. The highest BCUT2D eigenvalue weighted by Crippen LogP contribution is 2.52. The molecule has 29 heavy (non-hydrogen) atoms. The van der Waals surface area contributed by atoms with Gasteiger partial charge in [0.05, 0.1) is 31.0 Å². The van der Waals surface area contributed by atoms with Crippen LogP contribution in [0.15, 0.2) is 30.5 Å². The Morgan fingerprint density at radius 2 is 1.86 bits per heavy atom. The molecule has 1 aromatic heterocycles. The van der Waals surface area contributed by atoms with Crippen molar-refractivity contribution >= 4 is 11.9 Å². The summed E-state index contributed by atoms with van der Waals surface area (Å²) in [5.74, 6) is -1.17. The van der Waals surface area contributed by atoms with Gasteiger partial charge in [0.1, 0.15) is 5.75 Å². The molecule has 1 fully saturated rings. The van der Waals surface area contributed by atoms with Gasteiger partial charge < -0.3 is 14.4 Å². The molecular weight excluding hydrogens is 391 g/mol. The van der Waals surface area contributed by atoms with Crippen molar-refractivity contribution in [2.75, 3.05) is 7.11 Å². The smallest absolute Gasteiger partial charge is 0.467 e. The van der Waals surface area contributed by atoms with E-state index in [1.807, 2.05) is 0 Å². The van der Waals surface area contributed by atoms with Crippen LogP contribution in [0.5, 0.6) is 5.75 Å². The summed E-state index contributed by atoms with van der Waals surface area (Å²) in [5.41, 5.74) is 1.10. The highest BCUT2D eigenvalue weighted by atomic mass is 19.4. The number of carbonyl (C=O) groups excluding carboxylic acids is 2. The van der Waals surface area contributed by atoms with E-state index < -0.39 is 23.8 Å². The number of amides is 1. The van der Waals surface area contributed by atoms with Gasteiger partial charge in [-0.25, -0.2) is 4.79 Å². The Hall–Kier alpha value is -3.04. The fraction of sp³-hybridized carbons (Fsp3) is 0.421. The molecule has 2 aromatic rings. The summed E-state index contributed by atoms with van der Waals surface area (Å²) in [6, 6.07) is 4.42. The quantitative estimate of drug-likeness (QED) is 0.726. The van der Waals surface area contributed by atoms with Crippen LogP contribution in [0.2, 0.25) is 0 Å². The molecule has 4 rings (SSSR count). The van der Waals surface area contributed by atoms with Crippen molar-refractivity contribution in [1.82, 2.24) is 14.7 Å². The largest absolute Gasteiger partial charge is 0.573 e. The summed E-state index contributed by atoms with van der Waals surface area (Å²) in [5, 5.41) is 4.14. The van der Waals surface area contributed by atoms with Crippen molar-refractivity contribution in [3.8, 4) is 5.75 Å². The van der Waals surface area contributed by atoms with Gasteiger partial charge in [-0.15, -0.1) is 13.2 Å². The minimum atomic E-state index is -4.78. The lowest BCUT2D eigenvalue weighted by atomic mass is 9.93. The predicted octanol–water partition coefficient (Wildman–Crippen LogP) is 2.61. The molecule has 1 aliphatic carbocycles. The van der Waals surface area contributed by atoms with Gasteiger partial charge >= 0.3 is 12.3 Å². The number of rotatable bonds is 4. The molecular formula is C19H18F3N3O4. The summed E-state index contributed by atoms with van der Waals surface area (Å²) in [6.07, 6.45) is -2.14. The maximum Gasteiger partial charge on any atom is 0.573 e. The van der Waals surface area contributed by atoms with Crippen molar-refractivity contribution in [1.29, 1.82) is 0 Å². The summed E-state index contributed by atoms with van der Waals surface area (Å²) < 4.78 is 47.5. The van der Waals surface area contributed by atoms with Crippen LogP contribution in [0.3, 0.4) is 0 Å². The number of ether oxygens (including phenoxy) is 2. The highest BCUT2D eigenvalue weighted by Gasteiger charge is 2.56. The second-order valence-corrected chi connectivity index (χ2v) is 7.18. The van der Waals surface area contributed by atoms with Crippen LogP contribution < -0.4 is 4.74 Å². The molecule has 7 nitrogen and oxygen atoms in total. The molecule has 1 aromatic carbocycles. The topological polar surface area (TPSA) is 73.7 Å². The third-order valence-corrected chi connectivity index (χ3v) is 5.51. The van der Waals surface area contributed by atoms with E-state index in [1.165, 1.54) is 36.3 Å². The van der Waals surface area contributed by atoms with Crippen LogP contribution in [-0.4, -0.2) is 40.0 Å². The van der Waals surface area contributed by atoms with Crippen LogP contribution in [0.1, 0.15) is 35.7 Å². The monoisotopic (exact) mass is 409 g/mol. The second kappa shape index (κ2) is 6.50. The van der Waals surface area contributed by atoms with Crippen LogP contribution in [0.25, 0.3) is 0 Å². The average Bonchev–Trinajstić information content (AvgIpc) is 3.27. The Morgan fingerprint density at radius 1 is 1.21 bits per heavy atom. The Bertz CT molecular complexity index is 964. The Labute approximate surface area is 164 Å². The number of aromatic nitrogens is 2. The first-order valence-corrected chi connectivity index (χ1v) is 8.92. The van der Waals surface area contributed by atoms with Gasteiger partial charge in [0.2, 0.25) is 5.91 Å². The van der Waals surface area contributed by atoms with Crippen LogP contribution in [0, 0.1) is 0 Å². The number of nitrogens with zero attached hydrogens (tertiary/aromatic N) is 3. The number of fused-ring (bicyclic) bond motifs is 1. The summed E-state index contributed by atoms with van der Waals surface area (Å²) >= 11 is 0. The zero-order valence-corrected chi connectivity index (χ0v) is 15.7. The van der Waals surface area contributed by atoms with E-state index in [0.29, 0.717) is 24.0 Å². The van der Waals surface area contributed by atoms with Gasteiger partial charge in [0, 0.05) is 12.6 Å². The molecule has 0 radical (unpaired) electrons. The lowest BCUT2D eigenvalue weighted by Gasteiger charge is -2.28. The predicted molar refractivity (Wildman–Crippen MR) is 92.6 cm³/mol. The lowest BCUT2D eigenvalue weighted by Crippen LogP contribution is -2.41. The molecule has 2 heterocycles. The molecule has 1 atom stereocenters. The molecule has 0 spiro atoms. The highest BCUT2D eigenvalue weighted by molar-refractivity contribution is 5.95. The number of esters is 1. The van der Waals surface area contributed by atoms with Crippen LogP contribution in [-0.2, 0) is 33.3 Å². The maximum absolute atomic E-state index is 13.4. The average molecular weight is 409 g/mol. The maximum atomic E-state index is 13.4. The van der Waals surface area contributed by atoms with Crippen molar-refractivity contribution in [2.45, 2.75) is 37.2 Å². The van der Waals surface area contributed by atoms with Crippen molar-refractivity contribution in [3.63, 3.8) is 0 Å². The Kier molecular flexibility index (Phi) is 4.32. The molecule has 0 bridgehead atoms. The number of carbonyl (C=O) groups is 2. The van der Waals surface area contributed by atoms with E-state index in [-0.39, 0.29) is 18.2 Å². The van der Waals surface area contributed by atoms with E-state index in [2.05, 4.69) is 9.84 Å². The summed E-state index contributed by atoms with van der Waals surface area (Å²) in [4.78, 5) is 27.3. The Balaban J connectivity index is 1.61. The van der Waals surface area contributed by atoms with Gasteiger partial charge in [-0.05, 0) is 30.5 Å². The standard InChI is InChI=1S/C19H18F3N3O4/c1-24-14-10-25(15(16(26)28-2)13(14)9-23-24)17(27)18(7-8-18)11-3-5-12(6-4-11)29-19(20,21)22/h3-6,9,15H,7-8,10H2,1-2H3. The first-order chi connectivity index (χ1) is 13.7. The van der Waals surface area contributed by atoms with Crippen molar-refractivity contribution in [2.24, 2.45) is 7.05 Å². The minimum Gasteiger partial charge on any atom is -0.467 e. The normalized spacial score (nSPS) is 19.6. The first kappa shape index (κ1) is 19.3. The minimum absolute atomic E-state index is 0.210. The number of benzene rings is 1. The zero-order valence-electron chi connectivity index (χ0n) is 15.7. The molecule has 1 saturated carbocycles. The van der Waals surface area contributed by atoms with Gasteiger partial charge in [-0.3, -0.25) is 9.48 Å². The van der Waals surface area contributed by atoms with Gasteiger partial charge in [-0.2, -0.15) is 5.10 Å². The second-order valence-electron chi connectivity index (χ2n) is 7.18. The number of aryl methyl sites for hydroxylation is 1. The Morgan fingerprint density at radius 3 is 2.41 bits per heavy atom. The van der Waals surface area contributed by atoms with Gasteiger partial charge in [0.25, 0.3) is 0 Å². The van der Waals surface area contributed by atoms with Crippen LogP contribution >= 0.6 is 0 Å². The SMILES string of the molecule is COC(=O)C1c2cnn(C)c2CN1C(=O)C1(c2ccc(OC(F)(F)F)cc2)CC1. The lowest BCUT2D eigenvalue weighted by molar-refractivity contribution is -0.274. The van der Waals surface area contributed by atoms with E-state index in [4.69, 9.17) is 4.74 Å². The third-order valence-electron chi connectivity index (χ3n) is 5.51. The molecule has 10 heteroatoms. The van der Waals surface area contributed by atoms with Crippen molar-refractivity contribution in [3.05, 3.63) is 47.3 Å². The fourth-order valence-corrected chi connectivity index (χ4v) is 3.88. The van der Waals surface area contributed by atoms with Gasteiger partial charge in [0.15, 0.2) is 6.04 Å². The molecule has 2 aliphatic rings. The van der Waals surface area contributed by atoms with E-state index >= 15 is 0 Å². The summed E-state index contributed by atoms with van der Waals surface area (Å²) in [6.45, 7) is 0.210. The molecule has 0 saturated heterocycles. The molecule has 0 N–H and O–H groups in total. The number of hydrogen-bond acceptors (Lipinski definition) is 5. The third kappa shape index (κ3) is 3.22. The van der Waals surface area contributed by atoms with E-state index in [0.717, 1.165) is 5.69 Å². The molecule has 1 amide bonds. The van der Waals surface area contributed by atoms with E-state index in [1.54, 1.807) is 17.9 Å². The number of alkyl halides is 3. The van der Waals surface area contributed by atoms with Gasteiger partial charge in [-0.1, -0.05) is 12.1 Å². The molecule has 1 aliphatic heterocycles. The van der Waals surface area contributed by atoms with Crippen molar-refractivity contribution < 1.29 is 32.2 Å². The number of methoxy groups -OCH3 is 1. The fourth-order valence-electron chi connectivity index (χ4n) is 3.88. The van der Waals surface area contributed by atoms with Crippen LogP contribution in [0.4, 0.5) is 13.2 Å².